The van der Waals surface area contributed by atoms with Crippen LogP contribution in [0.3, 0.4) is 0 Å². The lowest BCUT2D eigenvalue weighted by Gasteiger charge is -2.36. The number of hydrogen-bond donors (Lipinski definition) is 1. The first-order chi connectivity index (χ1) is 6.92. The summed E-state index contributed by atoms with van der Waals surface area (Å²) in [5.41, 5.74) is -0.341. The van der Waals surface area contributed by atoms with Gasteiger partial charge in [-0.1, -0.05) is 12.1 Å². The van der Waals surface area contributed by atoms with Crippen molar-refractivity contribution in [2.75, 3.05) is 13.2 Å². The molecule has 4 nitrogen and oxygen atoms in total. The maximum absolute atomic E-state index is 11.0. The molecule has 1 aliphatic rings. The number of aliphatic hydroxyl groups is 1. The summed E-state index contributed by atoms with van der Waals surface area (Å²) in [5.74, 6) is 0. The van der Waals surface area contributed by atoms with Crippen molar-refractivity contribution < 1.29 is 18.3 Å². The van der Waals surface area contributed by atoms with Crippen LogP contribution in [-0.4, -0.2) is 26.7 Å². The van der Waals surface area contributed by atoms with E-state index in [0.717, 1.165) is 0 Å². The summed E-state index contributed by atoms with van der Waals surface area (Å²) in [6, 6.07) is 5.82. The van der Waals surface area contributed by atoms with Gasteiger partial charge in [0.05, 0.1) is 18.1 Å². The van der Waals surface area contributed by atoms with Crippen molar-refractivity contribution in [3.05, 3.63) is 29.8 Å². The van der Waals surface area contributed by atoms with E-state index in [9.17, 15) is 13.5 Å². The van der Waals surface area contributed by atoms with Crippen LogP contribution < -0.4 is 0 Å². The van der Waals surface area contributed by atoms with Crippen molar-refractivity contribution >= 4 is 19.7 Å². The van der Waals surface area contributed by atoms with E-state index in [1.54, 1.807) is 0 Å². The monoisotopic (exact) mass is 248 g/mol. The topological polar surface area (TPSA) is 63.6 Å². The smallest absolute Gasteiger partial charge is 0.261 e. The lowest BCUT2D eigenvalue weighted by Crippen LogP contribution is -2.46. The Labute approximate surface area is 91.9 Å². The Morgan fingerprint density at radius 1 is 1.27 bits per heavy atom. The molecule has 1 aromatic rings. The molecule has 0 aromatic heterocycles. The highest BCUT2D eigenvalue weighted by Crippen LogP contribution is 2.30. The number of benzene rings is 1. The van der Waals surface area contributed by atoms with Crippen LogP contribution in [0.4, 0.5) is 0 Å². The standard InChI is InChI=1S/C9H9ClO4S/c10-15(12,13)8-3-1-7(2-4-8)9(11)5-14-6-9/h1-4,11H,5-6H2. The molecule has 15 heavy (non-hydrogen) atoms. The summed E-state index contributed by atoms with van der Waals surface area (Å²) in [7, 11) is 1.46. The third-order valence-corrected chi connectivity index (χ3v) is 3.72. The summed E-state index contributed by atoms with van der Waals surface area (Å²) in [6.07, 6.45) is 0. The molecule has 82 valence electrons. The van der Waals surface area contributed by atoms with Gasteiger partial charge in [0, 0.05) is 10.7 Å². The zero-order valence-electron chi connectivity index (χ0n) is 7.68. The minimum Gasteiger partial charge on any atom is -0.380 e. The molecule has 0 radical (unpaired) electrons. The Kier molecular flexibility index (Phi) is 2.50. The van der Waals surface area contributed by atoms with Crippen LogP contribution in [0, 0.1) is 0 Å². The largest absolute Gasteiger partial charge is 0.380 e. The van der Waals surface area contributed by atoms with E-state index < -0.39 is 14.7 Å². The number of rotatable bonds is 2. The van der Waals surface area contributed by atoms with Crippen LogP contribution >= 0.6 is 10.7 Å². The van der Waals surface area contributed by atoms with Crippen molar-refractivity contribution in [3.8, 4) is 0 Å². The molecule has 1 saturated heterocycles. The highest BCUT2D eigenvalue weighted by Gasteiger charge is 2.37. The third kappa shape index (κ3) is 2.01. The van der Waals surface area contributed by atoms with Gasteiger partial charge in [-0.2, -0.15) is 0 Å². The fourth-order valence-electron chi connectivity index (χ4n) is 1.39. The van der Waals surface area contributed by atoms with Crippen LogP contribution in [0.1, 0.15) is 5.56 Å². The molecule has 1 aliphatic heterocycles. The van der Waals surface area contributed by atoms with E-state index in [1.165, 1.54) is 24.3 Å². The lowest BCUT2D eigenvalue weighted by molar-refractivity contribution is -0.184. The molecule has 1 N–H and O–H groups in total. The summed E-state index contributed by atoms with van der Waals surface area (Å²) >= 11 is 0. The van der Waals surface area contributed by atoms with Crippen molar-refractivity contribution in [2.24, 2.45) is 0 Å². The molecule has 1 fully saturated rings. The van der Waals surface area contributed by atoms with Gasteiger partial charge in [0.1, 0.15) is 5.60 Å². The van der Waals surface area contributed by atoms with Crippen molar-refractivity contribution in [2.45, 2.75) is 10.5 Å². The van der Waals surface area contributed by atoms with E-state index in [1.807, 2.05) is 0 Å². The average molecular weight is 249 g/mol. The zero-order chi connectivity index (χ0) is 11.1. The van der Waals surface area contributed by atoms with Gasteiger partial charge in [-0.3, -0.25) is 0 Å². The molecule has 2 rings (SSSR count). The normalized spacial score (nSPS) is 19.6. The number of hydrogen-bond acceptors (Lipinski definition) is 4. The molecule has 0 amide bonds. The molecule has 0 unspecified atom stereocenters. The third-order valence-electron chi connectivity index (χ3n) is 2.35. The van der Waals surface area contributed by atoms with Gasteiger partial charge in [0.15, 0.2) is 0 Å². The minimum atomic E-state index is -3.69. The van der Waals surface area contributed by atoms with Gasteiger partial charge in [0.25, 0.3) is 9.05 Å². The average Bonchev–Trinajstić information content (AvgIpc) is 2.13. The minimum absolute atomic E-state index is 0.0248. The maximum atomic E-state index is 11.0. The summed E-state index contributed by atoms with van der Waals surface area (Å²) < 4.78 is 26.8. The molecule has 0 bridgehead atoms. The zero-order valence-corrected chi connectivity index (χ0v) is 9.25. The van der Waals surface area contributed by atoms with Gasteiger partial charge >= 0.3 is 0 Å². The van der Waals surface area contributed by atoms with Crippen molar-refractivity contribution in [1.82, 2.24) is 0 Å². The number of ether oxygens (including phenoxy) is 1. The molecular weight excluding hydrogens is 240 g/mol. The first-order valence-corrected chi connectivity index (χ1v) is 6.58. The quantitative estimate of drug-likeness (QED) is 0.788. The SMILES string of the molecule is O=S(=O)(Cl)c1ccc(C2(O)COC2)cc1. The highest BCUT2D eigenvalue weighted by atomic mass is 35.7. The predicted octanol–water partition coefficient (Wildman–Crippen LogP) is 0.832. The van der Waals surface area contributed by atoms with Crippen LogP contribution in [0.25, 0.3) is 0 Å². The second-order valence-corrected chi connectivity index (χ2v) is 6.05. The first-order valence-electron chi connectivity index (χ1n) is 4.27. The Hall–Kier alpha value is -0.620. The molecule has 1 heterocycles. The second kappa shape index (κ2) is 3.45. The second-order valence-electron chi connectivity index (χ2n) is 3.49. The van der Waals surface area contributed by atoms with Gasteiger partial charge in [-0.25, -0.2) is 8.42 Å². The van der Waals surface area contributed by atoms with Crippen LogP contribution in [0.5, 0.6) is 0 Å². The molecule has 6 heteroatoms. The highest BCUT2D eigenvalue weighted by molar-refractivity contribution is 8.13. The molecule has 0 aliphatic carbocycles. The van der Waals surface area contributed by atoms with E-state index in [2.05, 4.69) is 0 Å². The van der Waals surface area contributed by atoms with Crippen LogP contribution in [0.15, 0.2) is 29.2 Å². The Morgan fingerprint density at radius 3 is 2.13 bits per heavy atom. The predicted molar refractivity (Wildman–Crippen MR) is 54.2 cm³/mol. The van der Waals surface area contributed by atoms with Gasteiger partial charge in [0.2, 0.25) is 0 Å². The van der Waals surface area contributed by atoms with E-state index in [4.69, 9.17) is 15.4 Å². The van der Waals surface area contributed by atoms with E-state index in [-0.39, 0.29) is 18.1 Å². The lowest BCUT2D eigenvalue weighted by atomic mass is 9.92. The summed E-state index contributed by atoms with van der Waals surface area (Å²) in [6.45, 7) is 0.472. The first kappa shape index (κ1) is 10.9. The number of halogens is 1. The maximum Gasteiger partial charge on any atom is 0.261 e. The van der Waals surface area contributed by atoms with Crippen molar-refractivity contribution in [3.63, 3.8) is 0 Å². The fourth-order valence-corrected chi connectivity index (χ4v) is 2.16. The Bertz CT molecular complexity index is 461. The molecule has 0 spiro atoms. The van der Waals surface area contributed by atoms with E-state index >= 15 is 0 Å². The Morgan fingerprint density at radius 2 is 1.80 bits per heavy atom. The van der Waals surface area contributed by atoms with Crippen LogP contribution in [0.2, 0.25) is 0 Å². The van der Waals surface area contributed by atoms with Gasteiger partial charge in [-0.05, 0) is 17.7 Å². The molecule has 1 aromatic carbocycles. The van der Waals surface area contributed by atoms with Gasteiger partial charge in [-0.15, -0.1) is 0 Å². The summed E-state index contributed by atoms with van der Waals surface area (Å²) in [5, 5.41) is 9.87. The molecule has 0 atom stereocenters. The van der Waals surface area contributed by atoms with Gasteiger partial charge < -0.3 is 9.84 Å². The Balaban J connectivity index is 2.32. The fraction of sp³-hybridized carbons (Fsp3) is 0.333. The molecule has 0 saturated carbocycles. The summed E-state index contributed by atoms with van der Waals surface area (Å²) in [4.78, 5) is 0.0248. The molecular formula is C9H9ClO4S. The van der Waals surface area contributed by atoms with Crippen LogP contribution in [-0.2, 0) is 19.4 Å². The van der Waals surface area contributed by atoms with Crippen molar-refractivity contribution in [1.29, 1.82) is 0 Å². The van der Waals surface area contributed by atoms with E-state index in [0.29, 0.717) is 5.56 Å².